The van der Waals surface area contributed by atoms with E-state index in [2.05, 4.69) is 29.2 Å². The van der Waals surface area contributed by atoms with Crippen LogP contribution in [0.3, 0.4) is 0 Å². The van der Waals surface area contributed by atoms with Crippen LogP contribution in [0.5, 0.6) is 0 Å². The second kappa shape index (κ2) is 8.64. The SMILES string of the molecule is O=c1c(Cc2cccc3c2oc2ccccc23)nc2c(Cc3ccccc3)[nH]c(-c3ccccc3)cn1-2. The van der Waals surface area contributed by atoms with Crippen molar-refractivity contribution >= 4 is 21.9 Å². The third-order valence-corrected chi connectivity index (χ3v) is 6.90. The summed E-state index contributed by atoms with van der Waals surface area (Å²) < 4.78 is 7.89. The highest BCUT2D eigenvalue weighted by Crippen LogP contribution is 2.32. The Hall–Kier alpha value is -4.90. The van der Waals surface area contributed by atoms with E-state index in [9.17, 15) is 4.79 Å². The zero-order valence-electron chi connectivity index (χ0n) is 20.0. The molecular formula is C32H23N3O2. The minimum Gasteiger partial charge on any atom is -0.456 e. The van der Waals surface area contributed by atoms with E-state index in [1.807, 2.05) is 85.1 Å². The van der Waals surface area contributed by atoms with Gasteiger partial charge in [0.2, 0.25) is 0 Å². The highest BCUT2D eigenvalue weighted by Gasteiger charge is 2.21. The molecule has 3 heterocycles. The Bertz CT molecular complexity index is 1900. The highest BCUT2D eigenvalue weighted by atomic mass is 16.3. The normalized spacial score (nSPS) is 11.6. The smallest absolute Gasteiger partial charge is 0.278 e. The molecule has 1 aromatic heterocycles. The maximum Gasteiger partial charge on any atom is 0.278 e. The van der Waals surface area contributed by atoms with Crippen molar-refractivity contribution in [3.8, 4) is 17.1 Å². The molecule has 5 heteroatoms. The molecule has 7 rings (SSSR count). The average Bonchev–Trinajstić information content (AvgIpc) is 3.48. The molecule has 0 atom stereocenters. The number of fused-ring (bicyclic) bond motifs is 4. The van der Waals surface area contributed by atoms with E-state index < -0.39 is 0 Å². The summed E-state index contributed by atoms with van der Waals surface area (Å²) in [5.41, 5.74) is 6.93. The minimum atomic E-state index is -0.108. The molecule has 0 unspecified atom stereocenters. The molecule has 2 aliphatic heterocycles. The molecule has 0 radical (unpaired) electrons. The molecule has 5 aromatic rings. The summed E-state index contributed by atoms with van der Waals surface area (Å²) in [6.45, 7) is 0. The summed E-state index contributed by atoms with van der Waals surface area (Å²) >= 11 is 0. The van der Waals surface area contributed by atoms with Gasteiger partial charge in [0.25, 0.3) is 5.56 Å². The second-order valence-electron chi connectivity index (χ2n) is 9.30. The molecule has 2 aliphatic rings. The molecule has 0 amide bonds. The Morgan fingerprint density at radius 1 is 0.757 bits per heavy atom. The standard InChI is InChI=1S/C32H23N3O2/c36-32-27(19-23-14-9-16-25-24-15-7-8-17-29(24)37-30(23)25)34-31-26(18-21-10-3-1-4-11-21)33-28(20-35(31)32)22-12-5-2-6-13-22/h1-17,20,33H,18-19H2. The van der Waals surface area contributed by atoms with Crippen LogP contribution in [0.4, 0.5) is 0 Å². The molecule has 0 saturated heterocycles. The minimum absolute atomic E-state index is 0.108. The predicted octanol–water partition coefficient (Wildman–Crippen LogP) is 6.75. The number of rotatable bonds is 5. The third-order valence-electron chi connectivity index (χ3n) is 6.90. The summed E-state index contributed by atoms with van der Waals surface area (Å²) in [5.74, 6) is 0.653. The van der Waals surface area contributed by atoms with Gasteiger partial charge in [-0.2, -0.15) is 0 Å². The van der Waals surface area contributed by atoms with Crippen molar-refractivity contribution < 1.29 is 4.42 Å². The zero-order valence-corrected chi connectivity index (χ0v) is 20.0. The third kappa shape index (κ3) is 3.72. The first-order valence-corrected chi connectivity index (χ1v) is 12.4. The van der Waals surface area contributed by atoms with Crippen LogP contribution in [0.25, 0.3) is 39.0 Å². The number of H-pyrrole nitrogens is 1. The van der Waals surface area contributed by atoms with Crippen molar-refractivity contribution in [3.63, 3.8) is 0 Å². The fraction of sp³-hybridized carbons (Fsp3) is 0.0625. The van der Waals surface area contributed by atoms with Crippen LogP contribution < -0.4 is 5.56 Å². The molecule has 0 spiro atoms. The zero-order chi connectivity index (χ0) is 24.8. The maximum absolute atomic E-state index is 13.7. The van der Waals surface area contributed by atoms with Gasteiger partial charge in [-0.1, -0.05) is 97.1 Å². The fourth-order valence-electron chi connectivity index (χ4n) is 5.11. The summed E-state index contributed by atoms with van der Waals surface area (Å²) in [4.78, 5) is 22.1. The highest BCUT2D eigenvalue weighted by molar-refractivity contribution is 6.05. The lowest BCUT2D eigenvalue weighted by Gasteiger charge is -2.13. The van der Waals surface area contributed by atoms with Gasteiger partial charge in [-0.3, -0.25) is 9.36 Å². The molecule has 0 bridgehead atoms. The Balaban J connectivity index is 1.38. The molecule has 0 fully saturated rings. The van der Waals surface area contributed by atoms with Crippen LogP contribution in [-0.4, -0.2) is 14.5 Å². The summed E-state index contributed by atoms with van der Waals surface area (Å²) in [5, 5.41) is 2.12. The van der Waals surface area contributed by atoms with Crippen LogP contribution in [0, 0.1) is 0 Å². The van der Waals surface area contributed by atoms with Crippen molar-refractivity contribution in [1.29, 1.82) is 0 Å². The Morgan fingerprint density at radius 3 is 2.32 bits per heavy atom. The van der Waals surface area contributed by atoms with Gasteiger partial charge in [-0.15, -0.1) is 0 Å². The van der Waals surface area contributed by atoms with Crippen molar-refractivity contribution in [2.24, 2.45) is 0 Å². The molecule has 0 aliphatic carbocycles. The van der Waals surface area contributed by atoms with Crippen LogP contribution >= 0.6 is 0 Å². The van der Waals surface area contributed by atoms with Gasteiger partial charge in [0.1, 0.15) is 16.9 Å². The van der Waals surface area contributed by atoms with Crippen molar-refractivity contribution in [2.45, 2.75) is 12.8 Å². The van der Waals surface area contributed by atoms with E-state index in [0.717, 1.165) is 50.0 Å². The Morgan fingerprint density at radius 2 is 1.49 bits per heavy atom. The number of furan rings is 1. The summed E-state index contributed by atoms with van der Waals surface area (Å²) in [7, 11) is 0. The Kier molecular flexibility index (Phi) is 5.00. The van der Waals surface area contributed by atoms with E-state index >= 15 is 0 Å². The summed E-state index contributed by atoms with van der Waals surface area (Å²) in [6, 6.07) is 34.4. The first-order chi connectivity index (χ1) is 18.2. The molecule has 1 N–H and O–H groups in total. The van der Waals surface area contributed by atoms with Gasteiger partial charge < -0.3 is 9.40 Å². The molecule has 178 valence electrons. The number of nitrogens with zero attached hydrogens (tertiary/aromatic N) is 2. The largest absolute Gasteiger partial charge is 0.456 e. The van der Waals surface area contributed by atoms with Crippen LogP contribution in [0.1, 0.15) is 22.5 Å². The number of hydrogen-bond acceptors (Lipinski definition) is 3. The van der Waals surface area contributed by atoms with E-state index in [4.69, 9.17) is 9.40 Å². The van der Waals surface area contributed by atoms with Gasteiger partial charge >= 0.3 is 0 Å². The van der Waals surface area contributed by atoms with Gasteiger partial charge in [0, 0.05) is 35.4 Å². The fourth-order valence-corrected chi connectivity index (χ4v) is 5.11. The quantitative estimate of drug-likeness (QED) is 0.296. The van der Waals surface area contributed by atoms with Gasteiger partial charge in [-0.25, -0.2) is 4.98 Å². The number of imidazole rings is 1. The molecular weight excluding hydrogens is 458 g/mol. The predicted molar refractivity (Wildman–Crippen MR) is 147 cm³/mol. The topological polar surface area (TPSA) is 63.8 Å². The van der Waals surface area contributed by atoms with Crippen LogP contribution in [0.15, 0.2) is 119 Å². The molecule has 5 nitrogen and oxygen atoms in total. The first-order valence-electron chi connectivity index (χ1n) is 12.4. The average molecular weight is 482 g/mol. The number of nitrogens with one attached hydrogen (secondary N) is 1. The van der Waals surface area contributed by atoms with Crippen LogP contribution in [0.2, 0.25) is 0 Å². The lowest BCUT2D eigenvalue weighted by atomic mass is 10.1. The van der Waals surface area contributed by atoms with Crippen molar-refractivity contribution in [3.05, 3.63) is 142 Å². The van der Waals surface area contributed by atoms with E-state index in [1.54, 1.807) is 4.57 Å². The van der Waals surface area contributed by atoms with E-state index in [-0.39, 0.29) is 5.56 Å². The number of para-hydroxylation sites is 2. The number of hydrogen-bond donors (Lipinski definition) is 1. The molecule has 0 saturated carbocycles. The number of aromatic nitrogens is 3. The van der Waals surface area contributed by atoms with Crippen LogP contribution in [-0.2, 0) is 12.8 Å². The van der Waals surface area contributed by atoms with Gasteiger partial charge in [0.15, 0.2) is 5.82 Å². The lowest BCUT2D eigenvalue weighted by molar-refractivity contribution is 0.664. The van der Waals surface area contributed by atoms with E-state index in [0.29, 0.717) is 24.4 Å². The first kappa shape index (κ1) is 21.4. The Labute approximate surface area is 213 Å². The van der Waals surface area contributed by atoms with Crippen molar-refractivity contribution in [1.82, 2.24) is 14.5 Å². The van der Waals surface area contributed by atoms with Gasteiger partial charge in [-0.05, 0) is 17.2 Å². The van der Waals surface area contributed by atoms with Gasteiger partial charge in [0.05, 0.1) is 11.4 Å². The lowest BCUT2D eigenvalue weighted by Crippen LogP contribution is -2.17. The molecule has 37 heavy (non-hydrogen) atoms. The number of benzene rings is 4. The molecule has 4 aromatic carbocycles. The number of aromatic amines is 1. The van der Waals surface area contributed by atoms with E-state index in [1.165, 1.54) is 0 Å². The second-order valence-corrected chi connectivity index (χ2v) is 9.30. The summed E-state index contributed by atoms with van der Waals surface area (Å²) in [6.07, 6.45) is 2.89. The van der Waals surface area contributed by atoms with Crippen molar-refractivity contribution in [2.75, 3.05) is 0 Å². The monoisotopic (exact) mass is 481 g/mol. The maximum atomic E-state index is 13.7.